The van der Waals surface area contributed by atoms with Gasteiger partial charge in [-0.3, -0.25) is 19.7 Å². The molecule has 2 saturated heterocycles. The van der Waals surface area contributed by atoms with E-state index >= 15 is 0 Å². The number of rotatable bonds is 6. The summed E-state index contributed by atoms with van der Waals surface area (Å²) < 4.78 is 50.8. The number of esters is 1. The van der Waals surface area contributed by atoms with Crippen LogP contribution in [0.1, 0.15) is 22.7 Å². The van der Waals surface area contributed by atoms with Crippen LogP contribution in [0.2, 0.25) is 0 Å². The average molecular weight is 539 g/mol. The lowest BCUT2D eigenvalue weighted by Gasteiger charge is -2.32. The maximum Gasteiger partial charge on any atom is 0.416 e. The second kappa shape index (κ2) is 9.85. The van der Waals surface area contributed by atoms with Crippen molar-refractivity contribution in [3.8, 4) is 5.75 Å². The molecule has 202 valence electrons. The number of nitrogens with zero attached hydrogens (tertiary/aromatic N) is 1. The number of halogens is 3. The van der Waals surface area contributed by atoms with Gasteiger partial charge in [0.05, 0.1) is 37.3 Å². The number of methoxy groups -OCH3 is 2. The molecule has 5 rings (SSSR count). The highest BCUT2D eigenvalue weighted by atomic mass is 19.4. The highest BCUT2D eigenvalue weighted by Crippen LogP contribution is 2.51. The van der Waals surface area contributed by atoms with E-state index in [1.807, 2.05) is 0 Å². The molecule has 3 aromatic rings. The Balaban J connectivity index is 1.66. The number of carbonyl (C=O) groups is 3. The minimum atomic E-state index is -4.67. The molecule has 2 amide bonds. The Kier molecular flexibility index (Phi) is 6.67. The molecule has 0 saturated carbocycles. The lowest BCUT2D eigenvalue weighted by molar-refractivity contribution is -0.152. The molecule has 7 nitrogen and oxygen atoms in total. The summed E-state index contributed by atoms with van der Waals surface area (Å²) in [4.78, 5) is 42.2. The predicted molar refractivity (Wildman–Crippen MR) is 135 cm³/mol. The molecule has 2 fully saturated rings. The SMILES string of the molecule is COC(=O)[C@@]1(Cc2ccccc2)N[C@H](c2ccc(OC)cc2)[C@H]2C(=O)N(c3cccc(C(F)(F)F)c3)C(=O)[C@H]21. The molecule has 39 heavy (non-hydrogen) atoms. The second-order valence-electron chi connectivity index (χ2n) is 9.58. The number of hydrogen-bond acceptors (Lipinski definition) is 6. The molecule has 0 aliphatic carbocycles. The van der Waals surface area contributed by atoms with Crippen molar-refractivity contribution >= 4 is 23.5 Å². The summed E-state index contributed by atoms with van der Waals surface area (Å²) in [5.74, 6) is -3.96. The van der Waals surface area contributed by atoms with E-state index in [2.05, 4.69) is 5.32 Å². The van der Waals surface area contributed by atoms with Gasteiger partial charge in [-0.25, -0.2) is 4.90 Å². The van der Waals surface area contributed by atoms with Crippen molar-refractivity contribution in [1.29, 1.82) is 0 Å². The first-order valence-electron chi connectivity index (χ1n) is 12.2. The van der Waals surface area contributed by atoms with Crippen LogP contribution >= 0.6 is 0 Å². The lowest BCUT2D eigenvalue weighted by atomic mass is 9.76. The molecular formula is C29H25F3N2O5. The molecule has 4 atom stereocenters. The van der Waals surface area contributed by atoms with Gasteiger partial charge in [-0.2, -0.15) is 13.2 Å². The zero-order valence-electron chi connectivity index (χ0n) is 21.1. The van der Waals surface area contributed by atoms with Crippen molar-refractivity contribution in [3.63, 3.8) is 0 Å². The third-order valence-corrected chi connectivity index (χ3v) is 7.44. The number of carbonyl (C=O) groups excluding carboxylic acids is 3. The van der Waals surface area contributed by atoms with E-state index in [0.717, 1.165) is 23.1 Å². The maximum absolute atomic E-state index is 14.0. The van der Waals surface area contributed by atoms with Crippen LogP contribution in [0.25, 0.3) is 0 Å². The minimum absolute atomic E-state index is 0.0176. The Morgan fingerprint density at radius 3 is 2.26 bits per heavy atom. The molecule has 0 spiro atoms. The minimum Gasteiger partial charge on any atom is -0.497 e. The summed E-state index contributed by atoms with van der Waals surface area (Å²) in [7, 11) is 2.70. The third-order valence-electron chi connectivity index (χ3n) is 7.44. The molecular weight excluding hydrogens is 513 g/mol. The molecule has 3 aromatic carbocycles. The van der Waals surface area contributed by atoms with Crippen LogP contribution in [0.3, 0.4) is 0 Å². The number of amides is 2. The predicted octanol–water partition coefficient (Wildman–Crippen LogP) is 4.32. The molecule has 10 heteroatoms. The van der Waals surface area contributed by atoms with E-state index in [4.69, 9.17) is 9.47 Å². The molecule has 2 aliphatic heterocycles. The van der Waals surface area contributed by atoms with E-state index in [9.17, 15) is 27.6 Å². The highest BCUT2D eigenvalue weighted by Gasteiger charge is 2.69. The number of nitrogens with one attached hydrogen (secondary N) is 1. The van der Waals surface area contributed by atoms with Crippen molar-refractivity contribution in [2.24, 2.45) is 11.8 Å². The number of imide groups is 1. The summed E-state index contributed by atoms with van der Waals surface area (Å²) >= 11 is 0. The Morgan fingerprint density at radius 2 is 1.64 bits per heavy atom. The average Bonchev–Trinajstić information content (AvgIpc) is 3.42. The van der Waals surface area contributed by atoms with Crippen molar-refractivity contribution in [3.05, 3.63) is 95.6 Å². The van der Waals surface area contributed by atoms with Gasteiger partial charge in [0.15, 0.2) is 0 Å². The molecule has 0 unspecified atom stereocenters. The number of anilines is 1. The summed E-state index contributed by atoms with van der Waals surface area (Å²) in [5, 5.41) is 3.26. The van der Waals surface area contributed by atoms with Gasteiger partial charge < -0.3 is 9.47 Å². The lowest BCUT2D eigenvalue weighted by Crippen LogP contribution is -2.57. The molecule has 0 aromatic heterocycles. The Morgan fingerprint density at radius 1 is 0.949 bits per heavy atom. The number of benzene rings is 3. The first kappa shape index (κ1) is 26.4. The van der Waals surface area contributed by atoms with Crippen molar-refractivity contribution < 1.29 is 37.0 Å². The largest absolute Gasteiger partial charge is 0.497 e. The molecule has 2 heterocycles. The van der Waals surface area contributed by atoms with Gasteiger partial charge in [-0.05, 0) is 41.5 Å². The van der Waals surface area contributed by atoms with Crippen molar-refractivity contribution in [2.75, 3.05) is 19.1 Å². The van der Waals surface area contributed by atoms with Gasteiger partial charge in [-0.1, -0.05) is 48.5 Å². The van der Waals surface area contributed by atoms with Crippen molar-refractivity contribution in [1.82, 2.24) is 5.32 Å². The normalized spacial score (nSPS) is 24.5. The summed E-state index contributed by atoms with van der Waals surface area (Å²) in [6.07, 6.45) is -4.66. The quantitative estimate of drug-likeness (QED) is 0.372. The highest BCUT2D eigenvalue weighted by molar-refractivity contribution is 6.24. The van der Waals surface area contributed by atoms with Crippen LogP contribution in [-0.2, 0) is 31.7 Å². The van der Waals surface area contributed by atoms with E-state index in [1.165, 1.54) is 20.3 Å². The van der Waals surface area contributed by atoms with Crippen LogP contribution in [0.4, 0.5) is 18.9 Å². The van der Waals surface area contributed by atoms with Crippen molar-refractivity contribution in [2.45, 2.75) is 24.2 Å². The number of hydrogen-bond donors (Lipinski definition) is 1. The number of ether oxygens (including phenoxy) is 2. The van der Waals surface area contributed by atoms with E-state index < -0.39 is 52.9 Å². The Labute approximate surface area is 222 Å². The Bertz CT molecular complexity index is 1410. The summed E-state index contributed by atoms with van der Waals surface area (Å²) in [6, 6.07) is 19.0. The van der Waals surface area contributed by atoms with Gasteiger partial charge in [-0.15, -0.1) is 0 Å². The van der Waals surface area contributed by atoms with Crippen LogP contribution in [0.5, 0.6) is 5.75 Å². The number of alkyl halides is 3. The van der Waals surface area contributed by atoms with Gasteiger partial charge >= 0.3 is 12.1 Å². The standard InChI is InChI=1S/C29H25F3N2O5/c1-38-21-13-11-18(12-14-21)24-22-23(28(33-24,27(37)39-2)16-17-7-4-3-5-8-17)26(36)34(25(22)35)20-10-6-9-19(15-20)29(30,31)32/h3-15,22-24,33H,16H2,1-2H3/t22-,23-,24+,28-/m0/s1. The molecule has 1 N–H and O–H groups in total. The first-order valence-corrected chi connectivity index (χ1v) is 12.2. The van der Waals surface area contributed by atoms with Gasteiger partial charge in [0, 0.05) is 12.5 Å². The summed E-state index contributed by atoms with van der Waals surface area (Å²) in [5.41, 5.74) is -1.54. The molecule has 0 bridgehead atoms. The third kappa shape index (κ3) is 4.44. The maximum atomic E-state index is 14.0. The monoisotopic (exact) mass is 538 g/mol. The van der Waals surface area contributed by atoms with E-state index in [0.29, 0.717) is 16.9 Å². The fourth-order valence-electron chi connectivity index (χ4n) is 5.70. The number of fused-ring (bicyclic) bond motifs is 1. The van der Waals surface area contributed by atoms with Gasteiger partial charge in [0.2, 0.25) is 11.8 Å². The van der Waals surface area contributed by atoms with E-state index in [-0.39, 0.29) is 12.1 Å². The first-order chi connectivity index (χ1) is 18.6. The van der Waals surface area contributed by atoms with Crippen LogP contribution < -0.4 is 15.0 Å². The molecule has 2 aliphatic rings. The van der Waals surface area contributed by atoms with Crippen LogP contribution in [0, 0.1) is 11.8 Å². The van der Waals surface area contributed by atoms with Gasteiger partial charge in [0.1, 0.15) is 11.3 Å². The second-order valence-corrected chi connectivity index (χ2v) is 9.58. The molecule has 0 radical (unpaired) electrons. The van der Waals surface area contributed by atoms with E-state index in [1.54, 1.807) is 54.6 Å². The van der Waals surface area contributed by atoms with Crippen LogP contribution in [0.15, 0.2) is 78.9 Å². The zero-order chi connectivity index (χ0) is 27.9. The zero-order valence-corrected chi connectivity index (χ0v) is 21.1. The van der Waals surface area contributed by atoms with Crippen LogP contribution in [-0.4, -0.2) is 37.5 Å². The fourth-order valence-corrected chi connectivity index (χ4v) is 5.70. The van der Waals surface area contributed by atoms with Gasteiger partial charge in [0.25, 0.3) is 0 Å². The topological polar surface area (TPSA) is 84.9 Å². The Hall–Kier alpha value is -4.18. The summed E-state index contributed by atoms with van der Waals surface area (Å²) in [6.45, 7) is 0. The smallest absolute Gasteiger partial charge is 0.416 e. The fraction of sp³-hybridized carbons (Fsp3) is 0.276.